The number of hydrogen-bond donors (Lipinski definition) is 0. The fraction of sp³-hybridized carbons (Fsp3) is 0.0714. The van der Waals surface area contributed by atoms with Gasteiger partial charge >= 0.3 is 0 Å². The molecule has 0 heterocycles. The van der Waals surface area contributed by atoms with Gasteiger partial charge in [-0.05, 0) is 35.9 Å². The molecule has 0 bridgehead atoms. The van der Waals surface area contributed by atoms with E-state index in [2.05, 4.69) is 0 Å². The van der Waals surface area contributed by atoms with E-state index in [1.54, 1.807) is 0 Å². The van der Waals surface area contributed by atoms with Crippen LogP contribution in [0.2, 0.25) is 5.02 Å². The molecule has 0 unspecified atom stereocenters. The first-order valence-electron chi connectivity index (χ1n) is 5.59. The van der Waals surface area contributed by atoms with Crippen LogP contribution in [0.1, 0.15) is 11.1 Å². The largest absolute Gasteiger partial charge is 0.223 e. The molecule has 0 N–H and O–H groups in total. The van der Waals surface area contributed by atoms with Crippen LogP contribution in [0.15, 0.2) is 47.4 Å². The zero-order valence-electron chi connectivity index (χ0n) is 10.2. The van der Waals surface area contributed by atoms with Gasteiger partial charge in [0.15, 0.2) is 9.84 Å². The van der Waals surface area contributed by atoms with Gasteiger partial charge in [0.05, 0.1) is 22.3 Å². The number of rotatable bonds is 3. The number of halogens is 2. The molecule has 0 aliphatic carbocycles. The first-order valence-corrected chi connectivity index (χ1v) is 7.62. The minimum atomic E-state index is -3.69. The summed E-state index contributed by atoms with van der Waals surface area (Å²) in [5.41, 5.74) is 0.719. The zero-order valence-corrected chi connectivity index (χ0v) is 11.7. The fourth-order valence-corrected chi connectivity index (χ4v) is 3.41. The summed E-state index contributed by atoms with van der Waals surface area (Å²) < 4.78 is 37.4. The molecule has 2 aromatic carbocycles. The number of hydrogen-bond acceptors (Lipinski definition) is 3. The molecule has 102 valence electrons. The molecule has 2 rings (SSSR count). The second kappa shape index (κ2) is 5.61. The van der Waals surface area contributed by atoms with Gasteiger partial charge in [0.1, 0.15) is 5.82 Å². The van der Waals surface area contributed by atoms with Crippen molar-refractivity contribution in [2.24, 2.45) is 0 Å². The summed E-state index contributed by atoms with van der Waals surface area (Å²) in [7, 11) is -3.69. The van der Waals surface area contributed by atoms with Gasteiger partial charge in [-0.2, -0.15) is 5.26 Å². The van der Waals surface area contributed by atoms with Crippen LogP contribution in [0.4, 0.5) is 4.39 Å². The molecule has 0 aliphatic rings. The van der Waals surface area contributed by atoms with Crippen LogP contribution in [-0.4, -0.2) is 8.42 Å². The highest BCUT2D eigenvalue weighted by molar-refractivity contribution is 7.90. The quantitative estimate of drug-likeness (QED) is 0.874. The normalized spacial score (nSPS) is 11.1. The smallest absolute Gasteiger partial charge is 0.182 e. The Bertz CT molecular complexity index is 797. The summed E-state index contributed by atoms with van der Waals surface area (Å²) in [5.74, 6) is -0.960. The summed E-state index contributed by atoms with van der Waals surface area (Å²) in [6.07, 6.45) is 0. The number of nitriles is 1. The van der Waals surface area contributed by atoms with E-state index >= 15 is 0 Å². The number of benzene rings is 2. The third kappa shape index (κ3) is 3.16. The Morgan fingerprint density at radius 1 is 1.20 bits per heavy atom. The lowest BCUT2D eigenvalue weighted by atomic mass is 10.2. The van der Waals surface area contributed by atoms with Crippen molar-refractivity contribution < 1.29 is 12.8 Å². The van der Waals surface area contributed by atoms with Crippen molar-refractivity contribution in [3.63, 3.8) is 0 Å². The number of sulfone groups is 1. The molecule has 2 aromatic rings. The molecule has 6 heteroatoms. The van der Waals surface area contributed by atoms with Gasteiger partial charge in [-0.15, -0.1) is 0 Å². The van der Waals surface area contributed by atoms with Crippen LogP contribution in [0.5, 0.6) is 0 Å². The van der Waals surface area contributed by atoms with Crippen molar-refractivity contribution in [2.45, 2.75) is 10.6 Å². The second-order valence-electron chi connectivity index (χ2n) is 4.13. The molecule has 0 spiro atoms. The summed E-state index contributed by atoms with van der Waals surface area (Å²) >= 11 is 5.94. The highest BCUT2D eigenvalue weighted by Gasteiger charge is 2.17. The maximum Gasteiger partial charge on any atom is 0.182 e. The van der Waals surface area contributed by atoms with Crippen molar-refractivity contribution in [3.8, 4) is 6.07 Å². The van der Waals surface area contributed by atoms with Gasteiger partial charge in [-0.25, -0.2) is 12.8 Å². The van der Waals surface area contributed by atoms with Crippen LogP contribution in [0.3, 0.4) is 0 Å². The van der Waals surface area contributed by atoms with Crippen molar-refractivity contribution in [1.82, 2.24) is 0 Å². The SMILES string of the molecule is N#Cc1ccc(CS(=O)(=O)c2cccc(F)c2)c(Cl)c1. The molecule has 0 aliphatic heterocycles. The fourth-order valence-electron chi connectivity index (χ4n) is 1.68. The van der Waals surface area contributed by atoms with Gasteiger partial charge in [0, 0.05) is 5.02 Å². The monoisotopic (exact) mass is 309 g/mol. The Labute approximate surface area is 121 Å². The Balaban J connectivity index is 2.36. The Morgan fingerprint density at radius 3 is 2.55 bits per heavy atom. The van der Waals surface area contributed by atoms with E-state index in [0.717, 1.165) is 6.07 Å². The van der Waals surface area contributed by atoms with Crippen LogP contribution >= 0.6 is 11.6 Å². The average molecular weight is 310 g/mol. The van der Waals surface area contributed by atoms with Crippen molar-refractivity contribution >= 4 is 21.4 Å². The zero-order chi connectivity index (χ0) is 14.8. The highest BCUT2D eigenvalue weighted by Crippen LogP contribution is 2.23. The lowest BCUT2D eigenvalue weighted by Gasteiger charge is -2.07. The Hall–Kier alpha value is -1.90. The molecular weight excluding hydrogens is 301 g/mol. The van der Waals surface area contributed by atoms with Crippen LogP contribution < -0.4 is 0 Å². The second-order valence-corrected chi connectivity index (χ2v) is 6.53. The molecule has 0 radical (unpaired) electrons. The van der Waals surface area contributed by atoms with E-state index in [0.29, 0.717) is 11.1 Å². The van der Waals surface area contributed by atoms with Gasteiger partial charge in [-0.1, -0.05) is 23.7 Å². The maximum atomic E-state index is 13.1. The molecule has 0 aromatic heterocycles. The van der Waals surface area contributed by atoms with Gasteiger partial charge in [0.2, 0.25) is 0 Å². The van der Waals surface area contributed by atoms with E-state index in [4.69, 9.17) is 16.9 Å². The summed E-state index contributed by atoms with van der Waals surface area (Å²) in [5, 5.41) is 8.92. The average Bonchev–Trinajstić information content (AvgIpc) is 2.41. The third-order valence-electron chi connectivity index (χ3n) is 2.68. The lowest BCUT2D eigenvalue weighted by molar-refractivity contribution is 0.590. The molecule has 0 saturated carbocycles. The molecule has 3 nitrogen and oxygen atoms in total. The maximum absolute atomic E-state index is 13.1. The van der Waals surface area contributed by atoms with E-state index in [1.165, 1.54) is 36.4 Å². The van der Waals surface area contributed by atoms with Crippen LogP contribution in [0.25, 0.3) is 0 Å². The molecule has 0 atom stereocenters. The molecular formula is C14H9ClFNO2S. The van der Waals surface area contributed by atoms with Gasteiger partial charge < -0.3 is 0 Å². The summed E-state index contributed by atoms with van der Waals surface area (Å²) in [6, 6.07) is 11.1. The predicted octanol–water partition coefficient (Wildman–Crippen LogP) is 3.32. The highest BCUT2D eigenvalue weighted by atomic mass is 35.5. The Morgan fingerprint density at radius 2 is 1.95 bits per heavy atom. The van der Waals surface area contributed by atoms with Gasteiger partial charge in [-0.3, -0.25) is 0 Å². The molecule has 0 fully saturated rings. The van der Waals surface area contributed by atoms with E-state index in [9.17, 15) is 12.8 Å². The minimum absolute atomic E-state index is 0.0991. The number of nitrogens with zero attached hydrogens (tertiary/aromatic N) is 1. The summed E-state index contributed by atoms with van der Waals surface area (Å²) in [4.78, 5) is -0.0991. The summed E-state index contributed by atoms with van der Waals surface area (Å²) in [6.45, 7) is 0. The van der Waals surface area contributed by atoms with Crippen molar-refractivity contribution in [1.29, 1.82) is 5.26 Å². The first-order chi connectivity index (χ1) is 9.42. The first kappa shape index (κ1) is 14.5. The van der Waals surface area contributed by atoms with Gasteiger partial charge in [0.25, 0.3) is 0 Å². The van der Waals surface area contributed by atoms with E-state index in [-0.39, 0.29) is 15.7 Å². The molecule has 0 amide bonds. The molecule has 20 heavy (non-hydrogen) atoms. The van der Waals surface area contributed by atoms with E-state index < -0.39 is 15.7 Å². The Kier molecular flexibility index (Phi) is 4.07. The van der Waals surface area contributed by atoms with Crippen molar-refractivity contribution in [2.75, 3.05) is 0 Å². The van der Waals surface area contributed by atoms with Crippen LogP contribution in [-0.2, 0) is 15.6 Å². The predicted molar refractivity (Wildman–Crippen MR) is 73.5 cm³/mol. The standard InChI is InChI=1S/C14H9ClFNO2S/c15-14-6-10(8-17)4-5-11(14)9-20(18,19)13-3-1-2-12(16)7-13/h1-7H,9H2. The van der Waals surface area contributed by atoms with E-state index in [1.807, 2.05) is 6.07 Å². The van der Waals surface area contributed by atoms with Crippen molar-refractivity contribution in [3.05, 3.63) is 64.4 Å². The third-order valence-corrected chi connectivity index (χ3v) is 4.70. The van der Waals surface area contributed by atoms with Crippen LogP contribution in [0, 0.1) is 17.1 Å². The lowest BCUT2D eigenvalue weighted by Crippen LogP contribution is -2.06. The topological polar surface area (TPSA) is 57.9 Å². The molecule has 0 saturated heterocycles. The minimum Gasteiger partial charge on any atom is -0.223 e.